The molecule has 0 saturated carbocycles. The van der Waals surface area contributed by atoms with Crippen molar-refractivity contribution in [2.75, 3.05) is 26.8 Å². The van der Waals surface area contributed by atoms with Crippen molar-refractivity contribution in [1.29, 1.82) is 0 Å². The number of hydrogen-bond acceptors (Lipinski definition) is 5. The van der Waals surface area contributed by atoms with E-state index in [1.165, 1.54) is 17.0 Å². The summed E-state index contributed by atoms with van der Waals surface area (Å²) in [5, 5.41) is 2.02. The number of methoxy groups -OCH3 is 1. The molecule has 6 nitrogen and oxygen atoms in total. The lowest BCUT2D eigenvalue weighted by atomic mass is 9.99. The maximum atomic E-state index is 13.7. The molecule has 2 amide bonds. The van der Waals surface area contributed by atoms with Crippen molar-refractivity contribution in [3.8, 4) is 11.5 Å². The molecule has 2 aromatic carbocycles. The van der Waals surface area contributed by atoms with E-state index >= 15 is 0 Å². The third-order valence-corrected chi connectivity index (χ3v) is 7.28. The summed E-state index contributed by atoms with van der Waals surface area (Å²) in [5.41, 5.74) is 0.909. The van der Waals surface area contributed by atoms with E-state index in [-0.39, 0.29) is 36.8 Å². The summed E-state index contributed by atoms with van der Waals surface area (Å²) in [6.45, 7) is 6.38. The van der Waals surface area contributed by atoms with E-state index in [0.717, 1.165) is 12.0 Å². The van der Waals surface area contributed by atoms with Gasteiger partial charge in [-0.25, -0.2) is 4.39 Å². The molecular weight excluding hydrogens is 479 g/mol. The van der Waals surface area contributed by atoms with Gasteiger partial charge in [0.15, 0.2) is 0 Å². The lowest BCUT2D eigenvalue weighted by molar-refractivity contribution is -0.136. The second kappa shape index (κ2) is 10.7. The van der Waals surface area contributed by atoms with Crippen molar-refractivity contribution < 1.29 is 23.5 Å². The van der Waals surface area contributed by atoms with Crippen molar-refractivity contribution >= 4 is 23.2 Å². The lowest BCUT2D eigenvalue weighted by Gasteiger charge is -2.40. The van der Waals surface area contributed by atoms with Gasteiger partial charge in [-0.15, -0.1) is 11.3 Å². The van der Waals surface area contributed by atoms with E-state index in [4.69, 9.17) is 9.47 Å². The van der Waals surface area contributed by atoms with Gasteiger partial charge >= 0.3 is 0 Å². The Balaban J connectivity index is 1.56. The fourth-order valence-corrected chi connectivity index (χ4v) is 5.29. The number of hydrogen-bond donors (Lipinski definition) is 0. The van der Waals surface area contributed by atoms with Crippen LogP contribution in [0.5, 0.6) is 11.5 Å². The summed E-state index contributed by atoms with van der Waals surface area (Å²) >= 11 is 1.66. The zero-order valence-electron chi connectivity index (χ0n) is 21.0. The second-order valence-corrected chi connectivity index (χ2v) is 10.7. The predicted octanol–water partition coefficient (Wildman–Crippen LogP) is 5.34. The van der Waals surface area contributed by atoms with Crippen molar-refractivity contribution in [3.63, 3.8) is 0 Å². The van der Waals surface area contributed by atoms with E-state index in [1.807, 2.05) is 32.2 Å². The maximum Gasteiger partial charge on any atom is 0.254 e. The van der Waals surface area contributed by atoms with Crippen molar-refractivity contribution in [1.82, 2.24) is 9.80 Å². The SMILES string of the molecule is COc1cccc(C(=O)N(CC(=O)N2CCc3sccc3[C@H]2COc2cccc(F)c2)C(C)(C)C)c1. The molecule has 0 N–H and O–H groups in total. The van der Waals surface area contributed by atoms with Gasteiger partial charge in [0.2, 0.25) is 5.91 Å². The summed E-state index contributed by atoms with van der Waals surface area (Å²) in [7, 11) is 1.55. The Hall–Kier alpha value is -3.39. The molecule has 0 radical (unpaired) electrons. The highest BCUT2D eigenvalue weighted by Gasteiger charge is 2.36. The van der Waals surface area contributed by atoms with E-state index in [2.05, 4.69) is 0 Å². The van der Waals surface area contributed by atoms with Gasteiger partial charge in [-0.05, 0) is 74.5 Å². The molecule has 1 atom stereocenters. The molecule has 0 spiro atoms. The van der Waals surface area contributed by atoms with Crippen molar-refractivity contribution in [2.45, 2.75) is 38.8 Å². The second-order valence-electron chi connectivity index (χ2n) is 9.71. The average molecular weight is 511 g/mol. The zero-order chi connectivity index (χ0) is 25.9. The van der Waals surface area contributed by atoms with Gasteiger partial charge in [0.1, 0.15) is 30.5 Å². The first-order valence-electron chi connectivity index (χ1n) is 11.9. The number of nitrogens with zero attached hydrogens (tertiary/aromatic N) is 2. The van der Waals surface area contributed by atoms with Crippen LogP contribution < -0.4 is 9.47 Å². The molecule has 190 valence electrons. The molecule has 36 heavy (non-hydrogen) atoms. The summed E-state index contributed by atoms with van der Waals surface area (Å²) in [6, 6.07) is 14.6. The standard InChI is InChI=1S/C28H31FN2O4S/c1-28(2,3)31(27(33)19-7-5-9-21(15-19)34-4)17-26(32)30-13-11-25-23(12-14-36-25)24(30)18-35-22-10-6-8-20(29)16-22/h5-10,12,14-16,24H,11,13,17-18H2,1-4H3/t24-/m1/s1. The number of amides is 2. The number of carbonyl (C=O) groups excluding carboxylic acids is 2. The fraction of sp³-hybridized carbons (Fsp3) is 0.357. The highest BCUT2D eigenvalue weighted by molar-refractivity contribution is 7.10. The van der Waals surface area contributed by atoms with Crippen molar-refractivity contribution in [3.05, 3.63) is 81.8 Å². The van der Waals surface area contributed by atoms with Crippen LogP contribution in [0.1, 0.15) is 47.6 Å². The molecule has 8 heteroatoms. The lowest BCUT2D eigenvalue weighted by Crippen LogP contribution is -2.53. The Morgan fingerprint density at radius 1 is 1.11 bits per heavy atom. The summed E-state index contributed by atoms with van der Waals surface area (Å²) in [6.07, 6.45) is 0.745. The number of fused-ring (bicyclic) bond motifs is 1. The van der Waals surface area contributed by atoms with Crippen LogP contribution in [-0.2, 0) is 11.2 Å². The van der Waals surface area contributed by atoms with Crippen LogP contribution in [0.25, 0.3) is 0 Å². The Morgan fingerprint density at radius 2 is 1.86 bits per heavy atom. The maximum absolute atomic E-state index is 13.7. The van der Waals surface area contributed by atoms with Crippen LogP contribution in [0.4, 0.5) is 4.39 Å². The van der Waals surface area contributed by atoms with Crippen LogP contribution >= 0.6 is 11.3 Å². The Kier molecular flexibility index (Phi) is 7.64. The van der Waals surface area contributed by atoms with Gasteiger partial charge in [-0.2, -0.15) is 0 Å². The molecule has 0 fully saturated rings. The number of thiophene rings is 1. The number of benzene rings is 2. The Labute approximate surface area is 215 Å². The largest absolute Gasteiger partial charge is 0.497 e. The topological polar surface area (TPSA) is 59.1 Å². The van der Waals surface area contributed by atoms with Crippen LogP contribution in [0.3, 0.4) is 0 Å². The van der Waals surface area contributed by atoms with Gasteiger partial charge in [0, 0.05) is 28.6 Å². The Bertz CT molecular complexity index is 1240. The summed E-state index contributed by atoms with van der Waals surface area (Å²) in [5.74, 6) is 0.212. The molecule has 0 saturated heterocycles. The molecule has 0 bridgehead atoms. The number of rotatable bonds is 7. The van der Waals surface area contributed by atoms with Crippen LogP contribution in [0.2, 0.25) is 0 Å². The van der Waals surface area contributed by atoms with Crippen LogP contribution in [0.15, 0.2) is 60.0 Å². The Morgan fingerprint density at radius 3 is 2.58 bits per heavy atom. The highest BCUT2D eigenvalue weighted by Crippen LogP contribution is 2.34. The molecule has 1 aliphatic heterocycles. The molecule has 1 aliphatic rings. The first-order chi connectivity index (χ1) is 17.2. The number of carbonyl (C=O) groups is 2. The van der Waals surface area contributed by atoms with Crippen LogP contribution in [-0.4, -0.2) is 54.0 Å². The molecular formula is C28H31FN2O4S. The highest BCUT2D eigenvalue weighted by atomic mass is 32.1. The van der Waals surface area contributed by atoms with Gasteiger partial charge < -0.3 is 19.3 Å². The third-order valence-electron chi connectivity index (χ3n) is 6.28. The summed E-state index contributed by atoms with van der Waals surface area (Å²) in [4.78, 5) is 31.8. The summed E-state index contributed by atoms with van der Waals surface area (Å²) < 4.78 is 24.9. The van der Waals surface area contributed by atoms with E-state index < -0.39 is 5.54 Å². The molecule has 0 unspecified atom stereocenters. The smallest absolute Gasteiger partial charge is 0.254 e. The predicted molar refractivity (Wildman–Crippen MR) is 138 cm³/mol. The van der Waals surface area contributed by atoms with Crippen molar-refractivity contribution in [2.24, 2.45) is 0 Å². The molecule has 2 heterocycles. The van der Waals surface area contributed by atoms with Gasteiger partial charge in [0.25, 0.3) is 5.91 Å². The van der Waals surface area contributed by atoms with E-state index in [9.17, 15) is 14.0 Å². The third kappa shape index (κ3) is 5.70. The van der Waals surface area contributed by atoms with E-state index in [0.29, 0.717) is 23.6 Å². The normalized spacial score (nSPS) is 15.2. The monoisotopic (exact) mass is 510 g/mol. The van der Waals surface area contributed by atoms with Crippen LogP contribution in [0, 0.1) is 5.82 Å². The first-order valence-corrected chi connectivity index (χ1v) is 12.8. The zero-order valence-corrected chi connectivity index (χ0v) is 21.8. The fourth-order valence-electron chi connectivity index (χ4n) is 4.36. The molecule has 0 aliphatic carbocycles. The minimum absolute atomic E-state index is 0.0739. The van der Waals surface area contributed by atoms with Gasteiger partial charge in [-0.3, -0.25) is 9.59 Å². The minimum atomic E-state index is -0.591. The quantitative estimate of drug-likeness (QED) is 0.431. The molecule has 3 aromatic rings. The molecule has 4 rings (SSSR count). The minimum Gasteiger partial charge on any atom is -0.497 e. The number of ether oxygens (including phenoxy) is 2. The van der Waals surface area contributed by atoms with E-state index in [1.54, 1.807) is 64.6 Å². The first kappa shape index (κ1) is 25.7. The van der Waals surface area contributed by atoms with Gasteiger partial charge in [-0.1, -0.05) is 12.1 Å². The molecule has 1 aromatic heterocycles. The number of halogens is 1. The average Bonchev–Trinajstić information content (AvgIpc) is 3.34. The van der Waals surface area contributed by atoms with Gasteiger partial charge in [0.05, 0.1) is 13.2 Å².